The average molecular weight is 1490 g/mol. The zero-order valence-corrected chi connectivity index (χ0v) is 64.6. The van der Waals surface area contributed by atoms with Gasteiger partial charge in [-0.2, -0.15) is 0 Å². The second-order valence-electron chi connectivity index (χ2n) is 24.2. The molecule has 0 saturated carbocycles. The van der Waals surface area contributed by atoms with Crippen molar-refractivity contribution < 1.29 is 66.7 Å². The van der Waals surface area contributed by atoms with Crippen LogP contribution in [0.1, 0.15) is 231 Å². The first-order chi connectivity index (χ1) is 48.5. The van der Waals surface area contributed by atoms with Crippen LogP contribution in [-0.4, -0.2) is 162 Å². The van der Waals surface area contributed by atoms with Crippen molar-refractivity contribution in [1.29, 1.82) is 0 Å². The van der Waals surface area contributed by atoms with Gasteiger partial charge in [0.1, 0.15) is 34.8 Å². The normalized spacial score (nSPS) is 14.2. The lowest BCUT2D eigenvalue weighted by atomic mass is 9.82. The van der Waals surface area contributed by atoms with Crippen LogP contribution in [0.3, 0.4) is 0 Å². The topological polar surface area (TPSA) is 285 Å². The van der Waals surface area contributed by atoms with Crippen molar-refractivity contribution >= 4 is 150 Å². The zero-order valence-electron chi connectivity index (χ0n) is 59.7. The van der Waals surface area contributed by atoms with Crippen LogP contribution in [0, 0.1) is 0 Å². The van der Waals surface area contributed by atoms with E-state index >= 15 is 0 Å². The average Bonchev–Trinajstić information content (AvgIpc) is 1.49. The highest BCUT2D eigenvalue weighted by molar-refractivity contribution is 8.13. The summed E-state index contributed by atoms with van der Waals surface area (Å²) in [5, 5.41) is 0. The molecule has 1 aromatic carbocycles. The maximum Gasteiger partial charge on any atom is 0.305 e. The monoisotopic (exact) mass is 1490 g/mol. The fourth-order valence-electron chi connectivity index (χ4n) is 10.3. The number of H-pyrrole nitrogens is 2. The molecular weight excluding hydrogens is 1390 g/mol. The van der Waals surface area contributed by atoms with Gasteiger partial charge in [0.25, 0.3) is 0 Å². The number of thioether (sulfide) groups is 6. The first-order valence-corrected chi connectivity index (χ1v) is 41.3. The SMILES string of the molecule is CCCOC(=O)CCCSC1=C(SCCCC(=O)OCCC)c2nc1nc1nc(nc3[nH]c(nc4[nH]c(n2)c(SCCCC(=O)OCCC)c4SCCCC(=O)OCCC)c(SCCCC(=O)OCCC)c3SCCCC(=O)OCCC)C2=C1C(OC(C)C)c1ccccc1C2OC(C)C. The molecule has 548 valence electrons. The Morgan fingerprint density at radius 1 is 0.360 bits per heavy atom. The van der Waals surface area contributed by atoms with Crippen LogP contribution in [0.15, 0.2) is 43.8 Å². The fraction of sp³-hybridized carbons (Fsp3) is 0.611. The van der Waals surface area contributed by atoms with Gasteiger partial charge in [0, 0.05) is 49.7 Å². The Balaban J connectivity index is 1.61. The van der Waals surface area contributed by atoms with E-state index in [1.807, 2.05) is 87.4 Å². The van der Waals surface area contributed by atoms with Crippen LogP contribution in [0.25, 0.3) is 43.5 Å². The van der Waals surface area contributed by atoms with Gasteiger partial charge in [0.2, 0.25) is 0 Å². The molecule has 8 bridgehead atoms. The molecule has 2 aliphatic heterocycles. The van der Waals surface area contributed by atoms with E-state index in [0.717, 1.165) is 30.7 Å². The third-order valence-corrected chi connectivity index (χ3v) is 22.2. The smallest absolute Gasteiger partial charge is 0.305 e. The van der Waals surface area contributed by atoms with Gasteiger partial charge < -0.3 is 47.9 Å². The number of hydrogen-bond acceptors (Lipinski definition) is 26. The van der Waals surface area contributed by atoms with Crippen LogP contribution in [0.4, 0.5) is 0 Å². The minimum absolute atomic E-state index is 0.187. The third kappa shape index (κ3) is 25.1. The summed E-state index contributed by atoms with van der Waals surface area (Å²) in [5.74, 6) is 2.35. The predicted octanol–water partition coefficient (Wildman–Crippen LogP) is 16.5. The minimum atomic E-state index is -0.713. The first-order valence-electron chi connectivity index (χ1n) is 35.4. The largest absolute Gasteiger partial charge is 0.466 e. The maximum absolute atomic E-state index is 13.0. The van der Waals surface area contributed by atoms with Gasteiger partial charge in [-0.3, -0.25) is 28.8 Å². The van der Waals surface area contributed by atoms with Crippen molar-refractivity contribution in [2.75, 3.05) is 74.2 Å². The van der Waals surface area contributed by atoms with E-state index in [-0.39, 0.29) is 92.4 Å². The van der Waals surface area contributed by atoms with Gasteiger partial charge in [0.15, 0.2) is 23.3 Å². The number of nitrogens with zero attached hydrogens (tertiary/aromatic N) is 6. The van der Waals surface area contributed by atoms with Gasteiger partial charge in [-0.15, -0.1) is 70.6 Å². The number of carbonyl (C=O) groups excluding carboxylic acids is 6. The van der Waals surface area contributed by atoms with E-state index in [9.17, 15) is 28.8 Å². The lowest BCUT2D eigenvalue weighted by molar-refractivity contribution is -0.144. The molecule has 7 rings (SSSR count). The number of aromatic nitrogens is 8. The summed E-state index contributed by atoms with van der Waals surface area (Å²) in [6.07, 6.45) is 6.22. The molecular formula is C72H100N8O14S6. The van der Waals surface area contributed by atoms with E-state index < -0.39 is 12.2 Å². The van der Waals surface area contributed by atoms with Gasteiger partial charge in [-0.05, 0) is 150 Å². The molecule has 28 heteroatoms. The molecule has 1 aliphatic carbocycles. The Labute approximate surface area is 614 Å². The van der Waals surface area contributed by atoms with Gasteiger partial charge in [-0.25, -0.2) is 29.9 Å². The quantitative estimate of drug-likeness (QED) is 0.0180. The number of ether oxygens (including phenoxy) is 8. The summed E-state index contributed by atoms with van der Waals surface area (Å²) in [6, 6.07) is 8.07. The number of benzene rings is 1. The lowest BCUT2D eigenvalue weighted by Gasteiger charge is -2.34. The minimum Gasteiger partial charge on any atom is -0.466 e. The van der Waals surface area contributed by atoms with E-state index in [1.165, 1.54) is 70.6 Å². The summed E-state index contributed by atoms with van der Waals surface area (Å²) >= 11 is 9.05. The highest BCUT2D eigenvalue weighted by Crippen LogP contribution is 2.54. The number of rotatable bonds is 46. The fourth-order valence-corrected chi connectivity index (χ4v) is 17.1. The maximum atomic E-state index is 13.0. The Morgan fingerprint density at radius 3 is 0.910 bits per heavy atom. The summed E-state index contributed by atoms with van der Waals surface area (Å²) in [6.45, 7) is 21.7. The number of nitrogens with one attached hydrogen (secondary N) is 2. The molecule has 3 aliphatic rings. The predicted molar refractivity (Wildman–Crippen MR) is 401 cm³/mol. The van der Waals surface area contributed by atoms with Gasteiger partial charge in [-0.1, -0.05) is 65.8 Å². The van der Waals surface area contributed by atoms with Crippen LogP contribution >= 0.6 is 70.6 Å². The summed E-state index contributed by atoms with van der Waals surface area (Å²) in [7, 11) is 0. The van der Waals surface area contributed by atoms with E-state index in [2.05, 4.69) is 16.0 Å². The highest BCUT2D eigenvalue weighted by atomic mass is 32.2. The molecule has 2 atom stereocenters. The number of fused-ring (bicyclic) bond motifs is 11. The van der Waals surface area contributed by atoms with Crippen LogP contribution in [0.2, 0.25) is 0 Å². The van der Waals surface area contributed by atoms with Gasteiger partial charge >= 0.3 is 35.8 Å². The van der Waals surface area contributed by atoms with Crippen molar-refractivity contribution in [3.63, 3.8) is 0 Å². The number of carbonyl (C=O) groups is 6. The van der Waals surface area contributed by atoms with Crippen LogP contribution in [-0.2, 0) is 66.7 Å². The second-order valence-corrected chi connectivity index (χ2v) is 30.8. The van der Waals surface area contributed by atoms with E-state index in [4.69, 9.17) is 67.8 Å². The molecule has 4 aromatic rings. The molecule has 3 aromatic heterocycles. The first kappa shape index (κ1) is 81.7. The summed E-state index contributed by atoms with van der Waals surface area (Å²) < 4.78 is 47.1. The van der Waals surface area contributed by atoms with Crippen molar-refractivity contribution in [2.24, 2.45) is 0 Å². The van der Waals surface area contributed by atoms with Crippen molar-refractivity contribution in [3.8, 4) is 0 Å². The third-order valence-electron chi connectivity index (χ3n) is 14.8. The standard InChI is InChI=1S/C72H100N8O14S6/c1-11-33-87-49(81)27-19-39-95-59-61(97-41-21-29-51(83)89-35-13-3)69-76-67(59)74-65-55-56(58(94-46(9)10)48-26-18-17-25-47(48)57(55)93-45(7)8)66(73-65)75-68-60(96-40-20-28-50(82)88-34-12-2)62(98-42-22-30-52(84)90-36-14-4)70(77-68)79-72-64(100-44-24-32-54(86)92-38-16-6)63(71(78-69)80-72)99-43-23-31-53(85)91-37-15-5/h17-18,25-26,45-46,57-58H,11-16,19-24,27-44H2,1-10H3,(H2,73,74,75,76,77,78,79,80). The molecule has 0 radical (unpaired) electrons. The van der Waals surface area contributed by atoms with Crippen molar-refractivity contribution in [3.05, 3.63) is 58.7 Å². The Morgan fingerprint density at radius 2 is 0.610 bits per heavy atom. The Hall–Kier alpha value is -5.62. The summed E-state index contributed by atoms with van der Waals surface area (Å²) in [5.41, 5.74) is 4.76. The number of hydrogen-bond donors (Lipinski definition) is 2. The Kier molecular flexibility index (Phi) is 36.0. The molecule has 2 unspecified atom stereocenters. The van der Waals surface area contributed by atoms with Crippen LogP contribution < -0.4 is 0 Å². The van der Waals surface area contributed by atoms with E-state index in [1.54, 1.807) is 0 Å². The zero-order chi connectivity index (χ0) is 71.8. The highest BCUT2D eigenvalue weighted by Gasteiger charge is 2.43. The van der Waals surface area contributed by atoms with Crippen LogP contribution in [0.5, 0.6) is 0 Å². The molecule has 5 heterocycles. The second kappa shape index (κ2) is 44.1. The van der Waals surface area contributed by atoms with Crippen molar-refractivity contribution in [1.82, 2.24) is 39.9 Å². The Bertz CT molecular complexity index is 3620. The summed E-state index contributed by atoms with van der Waals surface area (Å²) in [4.78, 5) is 123. The molecule has 100 heavy (non-hydrogen) atoms. The van der Waals surface area contributed by atoms with E-state index in [0.29, 0.717) is 212 Å². The molecule has 2 N–H and O–H groups in total. The number of esters is 6. The number of aromatic amines is 2. The molecule has 22 nitrogen and oxygen atoms in total. The van der Waals surface area contributed by atoms with Crippen molar-refractivity contribution in [2.45, 2.75) is 229 Å². The van der Waals surface area contributed by atoms with Gasteiger partial charge in [0.05, 0.1) is 81.2 Å². The molecule has 0 spiro atoms. The molecule has 0 amide bonds. The lowest BCUT2D eigenvalue weighted by Crippen LogP contribution is -2.24. The molecule has 0 saturated heterocycles. The molecule has 0 fully saturated rings.